The van der Waals surface area contributed by atoms with Crippen molar-refractivity contribution in [3.63, 3.8) is 0 Å². The minimum absolute atomic E-state index is 0.0161. The van der Waals surface area contributed by atoms with Gasteiger partial charge in [-0.05, 0) is 18.4 Å². The summed E-state index contributed by atoms with van der Waals surface area (Å²) in [4.78, 5) is 22.5. The summed E-state index contributed by atoms with van der Waals surface area (Å²) < 4.78 is 0. The molecule has 0 spiro atoms. The minimum atomic E-state index is -0.620. The number of hydrogen-bond acceptors (Lipinski definition) is 4. The first kappa shape index (κ1) is 16.1. The Morgan fingerprint density at radius 3 is 2.60 bits per heavy atom. The summed E-state index contributed by atoms with van der Waals surface area (Å²) in [6, 6.07) is 4.07. The molecule has 0 radical (unpaired) electrons. The molecule has 0 aliphatic heterocycles. The number of nitrogens with two attached hydrogens (primary N) is 1. The van der Waals surface area contributed by atoms with E-state index in [4.69, 9.17) is 5.73 Å². The molecule has 1 amide bonds. The lowest BCUT2D eigenvalue weighted by Crippen LogP contribution is -2.40. The van der Waals surface area contributed by atoms with Crippen LogP contribution in [0.4, 0.5) is 11.4 Å². The second-order valence-electron chi connectivity index (χ2n) is 4.85. The molecule has 2 atom stereocenters. The summed E-state index contributed by atoms with van der Waals surface area (Å²) >= 11 is 0. The minimum Gasteiger partial charge on any atom is -0.324 e. The maximum Gasteiger partial charge on any atom is 0.274 e. The van der Waals surface area contributed by atoms with Gasteiger partial charge >= 0.3 is 0 Å². The van der Waals surface area contributed by atoms with Crippen LogP contribution in [0.25, 0.3) is 0 Å². The van der Waals surface area contributed by atoms with Crippen LogP contribution in [0.3, 0.4) is 0 Å². The molecule has 0 heterocycles. The molecule has 1 rings (SSSR count). The van der Waals surface area contributed by atoms with E-state index in [0.717, 1.165) is 6.42 Å². The molecule has 1 aromatic carbocycles. The predicted octanol–water partition coefficient (Wildman–Crippen LogP) is 2.47. The molecule has 110 valence electrons. The van der Waals surface area contributed by atoms with Gasteiger partial charge in [0.2, 0.25) is 5.91 Å². The molecule has 1 aromatic rings. The summed E-state index contributed by atoms with van der Waals surface area (Å²) in [5, 5.41) is 13.6. The monoisotopic (exact) mass is 279 g/mol. The SMILES string of the molecule is CCc1ccc(NC(=O)[C@@H](N)[C@@H](C)CC)cc1[N+](=O)[O-]. The number of nitro benzene ring substituents is 1. The lowest BCUT2D eigenvalue weighted by atomic mass is 9.99. The maximum absolute atomic E-state index is 11.9. The third-order valence-corrected chi connectivity index (χ3v) is 3.49. The van der Waals surface area contributed by atoms with E-state index in [1.165, 1.54) is 6.07 Å². The van der Waals surface area contributed by atoms with E-state index in [9.17, 15) is 14.9 Å². The zero-order valence-electron chi connectivity index (χ0n) is 12.1. The highest BCUT2D eigenvalue weighted by atomic mass is 16.6. The van der Waals surface area contributed by atoms with Crippen molar-refractivity contribution >= 4 is 17.3 Å². The molecule has 6 nitrogen and oxygen atoms in total. The van der Waals surface area contributed by atoms with Crippen molar-refractivity contribution in [1.29, 1.82) is 0 Å². The highest BCUT2D eigenvalue weighted by Gasteiger charge is 2.20. The predicted molar refractivity (Wildman–Crippen MR) is 78.5 cm³/mol. The number of benzene rings is 1. The molecule has 0 bridgehead atoms. The van der Waals surface area contributed by atoms with Crippen LogP contribution in [0, 0.1) is 16.0 Å². The van der Waals surface area contributed by atoms with Gasteiger partial charge in [0.25, 0.3) is 5.69 Å². The van der Waals surface area contributed by atoms with Crippen LogP contribution < -0.4 is 11.1 Å². The molecule has 20 heavy (non-hydrogen) atoms. The Morgan fingerprint density at radius 2 is 2.10 bits per heavy atom. The van der Waals surface area contributed by atoms with Crippen LogP contribution in [0.5, 0.6) is 0 Å². The molecule has 0 saturated carbocycles. The van der Waals surface area contributed by atoms with E-state index in [0.29, 0.717) is 17.7 Å². The number of rotatable bonds is 6. The van der Waals surface area contributed by atoms with E-state index in [1.54, 1.807) is 12.1 Å². The Morgan fingerprint density at radius 1 is 1.45 bits per heavy atom. The lowest BCUT2D eigenvalue weighted by Gasteiger charge is -2.17. The fraction of sp³-hybridized carbons (Fsp3) is 0.500. The molecule has 0 fully saturated rings. The fourth-order valence-electron chi connectivity index (χ4n) is 1.85. The van der Waals surface area contributed by atoms with E-state index in [2.05, 4.69) is 5.32 Å². The molecule has 0 unspecified atom stereocenters. The van der Waals surface area contributed by atoms with Gasteiger partial charge in [0.15, 0.2) is 0 Å². The van der Waals surface area contributed by atoms with Crippen molar-refractivity contribution in [2.45, 2.75) is 39.7 Å². The molecular formula is C14H21N3O3. The van der Waals surface area contributed by atoms with Gasteiger partial charge in [0, 0.05) is 17.3 Å². The van der Waals surface area contributed by atoms with Gasteiger partial charge in [-0.1, -0.05) is 33.3 Å². The third-order valence-electron chi connectivity index (χ3n) is 3.49. The van der Waals surface area contributed by atoms with Gasteiger partial charge in [-0.25, -0.2) is 0 Å². The summed E-state index contributed by atoms with van der Waals surface area (Å²) in [5.41, 5.74) is 6.88. The highest BCUT2D eigenvalue weighted by molar-refractivity contribution is 5.95. The third kappa shape index (κ3) is 3.77. The van der Waals surface area contributed by atoms with Gasteiger partial charge in [0.1, 0.15) is 0 Å². The van der Waals surface area contributed by atoms with Crippen molar-refractivity contribution in [2.75, 3.05) is 5.32 Å². The first-order valence-electron chi connectivity index (χ1n) is 6.74. The van der Waals surface area contributed by atoms with E-state index in [1.807, 2.05) is 20.8 Å². The Bertz CT molecular complexity index is 502. The average molecular weight is 279 g/mol. The van der Waals surface area contributed by atoms with Gasteiger partial charge in [0.05, 0.1) is 11.0 Å². The maximum atomic E-state index is 11.9. The number of aryl methyl sites for hydroxylation is 1. The molecule has 0 aliphatic carbocycles. The summed E-state index contributed by atoms with van der Waals surface area (Å²) in [5.74, 6) is -0.266. The molecular weight excluding hydrogens is 258 g/mol. The first-order chi connectivity index (χ1) is 9.40. The van der Waals surface area contributed by atoms with Crippen molar-refractivity contribution in [3.8, 4) is 0 Å². The largest absolute Gasteiger partial charge is 0.324 e. The number of anilines is 1. The van der Waals surface area contributed by atoms with Crippen LogP contribution in [0.1, 0.15) is 32.8 Å². The van der Waals surface area contributed by atoms with Crippen LogP contribution in [-0.2, 0) is 11.2 Å². The number of hydrogen-bond donors (Lipinski definition) is 2. The molecule has 0 aliphatic rings. The van der Waals surface area contributed by atoms with Crippen molar-refractivity contribution in [3.05, 3.63) is 33.9 Å². The van der Waals surface area contributed by atoms with E-state index in [-0.39, 0.29) is 17.5 Å². The van der Waals surface area contributed by atoms with E-state index >= 15 is 0 Å². The number of amides is 1. The molecule has 0 aromatic heterocycles. The van der Waals surface area contributed by atoms with Crippen molar-refractivity contribution < 1.29 is 9.72 Å². The zero-order chi connectivity index (χ0) is 15.3. The number of nitrogens with one attached hydrogen (secondary N) is 1. The Labute approximate surface area is 118 Å². The summed E-state index contributed by atoms with van der Waals surface area (Å²) in [6.45, 7) is 5.70. The number of nitrogens with zero attached hydrogens (tertiary/aromatic N) is 1. The number of carbonyl (C=O) groups excluding carboxylic acids is 1. The summed E-state index contributed by atoms with van der Waals surface area (Å²) in [7, 11) is 0. The zero-order valence-corrected chi connectivity index (χ0v) is 12.1. The number of nitro groups is 1. The normalized spacial score (nSPS) is 13.6. The van der Waals surface area contributed by atoms with Gasteiger partial charge in [-0.3, -0.25) is 14.9 Å². The van der Waals surface area contributed by atoms with Gasteiger partial charge < -0.3 is 11.1 Å². The van der Waals surface area contributed by atoms with Gasteiger partial charge in [-0.15, -0.1) is 0 Å². The lowest BCUT2D eigenvalue weighted by molar-refractivity contribution is -0.385. The van der Waals surface area contributed by atoms with Gasteiger partial charge in [-0.2, -0.15) is 0 Å². The second-order valence-corrected chi connectivity index (χ2v) is 4.85. The standard InChI is InChI=1S/C14H21N3O3/c1-4-9(3)13(15)14(18)16-11-7-6-10(5-2)12(8-11)17(19)20/h6-9,13H,4-5,15H2,1-3H3,(H,16,18)/t9-,13-/m0/s1. The topological polar surface area (TPSA) is 98.3 Å². The van der Waals surface area contributed by atoms with Crippen LogP contribution in [-0.4, -0.2) is 16.9 Å². The van der Waals surface area contributed by atoms with Crippen LogP contribution in [0.2, 0.25) is 0 Å². The second kappa shape index (κ2) is 7.00. The molecule has 6 heteroatoms. The molecule has 0 saturated heterocycles. The average Bonchev–Trinajstić information content (AvgIpc) is 2.45. The number of carbonyl (C=O) groups is 1. The van der Waals surface area contributed by atoms with Crippen LogP contribution in [0.15, 0.2) is 18.2 Å². The van der Waals surface area contributed by atoms with Crippen LogP contribution >= 0.6 is 0 Å². The van der Waals surface area contributed by atoms with Crippen molar-refractivity contribution in [1.82, 2.24) is 0 Å². The van der Waals surface area contributed by atoms with Crippen molar-refractivity contribution in [2.24, 2.45) is 11.7 Å². The Kier molecular flexibility index (Phi) is 5.64. The molecule has 3 N–H and O–H groups in total. The quantitative estimate of drug-likeness (QED) is 0.617. The highest BCUT2D eigenvalue weighted by Crippen LogP contribution is 2.24. The Balaban J connectivity index is 2.91. The Hall–Kier alpha value is -1.95. The smallest absolute Gasteiger partial charge is 0.274 e. The fourth-order valence-corrected chi connectivity index (χ4v) is 1.85. The van der Waals surface area contributed by atoms with E-state index < -0.39 is 11.0 Å². The summed E-state index contributed by atoms with van der Waals surface area (Å²) in [6.07, 6.45) is 1.36. The first-order valence-corrected chi connectivity index (χ1v) is 6.74.